The Balaban J connectivity index is 1.93. The minimum Gasteiger partial charge on any atom is -0.322 e. The van der Waals surface area contributed by atoms with E-state index < -0.39 is 10.0 Å². The third kappa shape index (κ3) is 4.07. The largest absolute Gasteiger partial charge is 0.322 e. The van der Waals surface area contributed by atoms with E-state index >= 15 is 0 Å². The molecule has 0 saturated carbocycles. The van der Waals surface area contributed by atoms with Crippen LogP contribution in [0.3, 0.4) is 0 Å². The van der Waals surface area contributed by atoms with Crippen LogP contribution in [-0.2, 0) is 10.0 Å². The number of para-hydroxylation sites is 1. The van der Waals surface area contributed by atoms with Gasteiger partial charge in [0.2, 0.25) is 0 Å². The summed E-state index contributed by atoms with van der Waals surface area (Å²) in [5.41, 5.74) is 3.30. The van der Waals surface area contributed by atoms with E-state index in [4.69, 9.17) is 0 Å². The molecule has 0 saturated heterocycles. The number of hydrogen-bond acceptors (Lipinski definition) is 3. The highest BCUT2D eigenvalue weighted by Gasteiger charge is 2.25. The average molecular weight is 394 g/mol. The number of aryl methyl sites for hydroxylation is 2. The summed E-state index contributed by atoms with van der Waals surface area (Å²) >= 11 is 0. The van der Waals surface area contributed by atoms with Gasteiger partial charge in [-0.15, -0.1) is 0 Å². The Hall–Kier alpha value is -3.12. The van der Waals surface area contributed by atoms with Crippen LogP contribution < -0.4 is 9.62 Å². The first kappa shape index (κ1) is 19.6. The number of sulfonamides is 1. The molecule has 1 N–H and O–H groups in total. The zero-order valence-corrected chi connectivity index (χ0v) is 16.8. The fraction of sp³-hybridized carbons (Fsp3) is 0.136. The molecule has 0 spiro atoms. The van der Waals surface area contributed by atoms with E-state index in [9.17, 15) is 13.2 Å². The van der Waals surface area contributed by atoms with Crippen molar-refractivity contribution in [1.82, 2.24) is 0 Å². The van der Waals surface area contributed by atoms with Crippen LogP contribution in [0.2, 0.25) is 0 Å². The Labute approximate surface area is 165 Å². The Morgan fingerprint density at radius 1 is 0.821 bits per heavy atom. The highest BCUT2D eigenvalue weighted by molar-refractivity contribution is 7.92. The van der Waals surface area contributed by atoms with Crippen molar-refractivity contribution in [3.8, 4) is 0 Å². The maximum atomic E-state index is 13.0. The van der Waals surface area contributed by atoms with Crippen molar-refractivity contribution in [2.24, 2.45) is 0 Å². The van der Waals surface area contributed by atoms with Gasteiger partial charge in [-0.05, 0) is 50.2 Å². The van der Waals surface area contributed by atoms with Crippen molar-refractivity contribution >= 4 is 27.3 Å². The van der Waals surface area contributed by atoms with Gasteiger partial charge in [-0.3, -0.25) is 9.10 Å². The molecule has 0 aliphatic heterocycles. The molecular formula is C22H22N2O3S. The smallest absolute Gasteiger partial charge is 0.264 e. The molecule has 1 amide bonds. The second-order valence-electron chi connectivity index (χ2n) is 6.62. The normalized spacial score (nSPS) is 11.1. The Kier molecular flexibility index (Phi) is 5.51. The second kappa shape index (κ2) is 7.86. The predicted molar refractivity (Wildman–Crippen MR) is 112 cm³/mol. The zero-order chi connectivity index (χ0) is 20.3. The summed E-state index contributed by atoms with van der Waals surface area (Å²) in [6.45, 7) is 3.86. The van der Waals surface area contributed by atoms with Gasteiger partial charge in [0, 0.05) is 12.7 Å². The van der Waals surface area contributed by atoms with Gasteiger partial charge in [0.1, 0.15) is 0 Å². The number of anilines is 2. The summed E-state index contributed by atoms with van der Waals surface area (Å²) in [6, 6.07) is 20.7. The van der Waals surface area contributed by atoms with E-state index in [-0.39, 0.29) is 16.4 Å². The Morgan fingerprint density at radius 3 is 1.96 bits per heavy atom. The summed E-state index contributed by atoms with van der Waals surface area (Å²) in [5, 5.41) is 2.82. The van der Waals surface area contributed by atoms with Crippen molar-refractivity contribution in [3.63, 3.8) is 0 Å². The van der Waals surface area contributed by atoms with Crippen LogP contribution >= 0.6 is 0 Å². The maximum absolute atomic E-state index is 13.0. The third-order valence-electron chi connectivity index (χ3n) is 4.48. The summed E-state index contributed by atoms with van der Waals surface area (Å²) in [6.07, 6.45) is 0. The van der Waals surface area contributed by atoms with E-state index in [0.29, 0.717) is 11.4 Å². The number of benzene rings is 3. The van der Waals surface area contributed by atoms with Gasteiger partial charge in [-0.2, -0.15) is 0 Å². The zero-order valence-electron chi connectivity index (χ0n) is 16.0. The minimum absolute atomic E-state index is 0.175. The van der Waals surface area contributed by atoms with Crippen molar-refractivity contribution in [2.45, 2.75) is 18.7 Å². The van der Waals surface area contributed by atoms with Crippen LogP contribution in [0, 0.1) is 13.8 Å². The standard InChI is InChI=1S/C22H22N2O3S/c1-16-8-12-18(13-9-16)23-22(25)20-6-4-5-7-21(20)24(3)28(26,27)19-14-10-17(2)11-15-19/h4-15H,1-3H3,(H,23,25). The SMILES string of the molecule is Cc1ccc(NC(=O)c2ccccc2N(C)S(=O)(=O)c2ccc(C)cc2)cc1. The molecule has 0 aromatic heterocycles. The van der Waals surface area contributed by atoms with Gasteiger partial charge < -0.3 is 5.32 Å². The number of carbonyl (C=O) groups is 1. The fourth-order valence-electron chi connectivity index (χ4n) is 2.77. The van der Waals surface area contributed by atoms with Crippen LogP contribution in [0.5, 0.6) is 0 Å². The molecule has 28 heavy (non-hydrogen) atoms. The van der Waals surface area contributed by atoms with Gasteiger partial charge in [0.15, 0.2) is 0 Å². The fourth-order valence-corrected chi connectivity index (χ4v) is 3.99. The van der Waals surface area contributed by atoms with E-state index in [1.54, 1.807) is 48.5 Å². The van der Waals surface area contributed by atoms with Gasteiger partial charge in [-0.1, -0.05) is 47.5 Å². The second-order valence-corrected chi connectivity index (χ2v) is 8.59. The Bertz CT molecular complexity index is 1090. The third-order valence-corrected chi connectivity index (χ3v) is 6.26. The number of carbonyl (C=O) groups excluding carboxylic acids is 1. The van der Waals surface area contributed by atoms with Gasteiger partial charge in [0.25, 0.3) is 15.9 Å². The van der Waals surface area contributed by atoms with Crippen molar-refractivity contribution in [2.75, 3.05) is 16.7 Å². The minimum atomic E-state index is -3.79. The molecule has 0 unspecified atom stereocenters. The van der Waals surface area contributed by atoms with Gasteiger partial charge in [-0.25, -0.2) is 8.42 Å². The Morgan fingerprint density at radius 2 is 1.36 bits per heavy atom. The van der Waals surface area contributed by atoms with Crippen molar-refractivity contribution < 1.29 is 13.2 Å². The highest BCUT2D eigenvalue weighted by atomic mass is 32.2. The van der Waals surface area contributed by atoms with Crippen LogP contribution in [0.25, 0.3) is 0 Å². The monoisotopic (exact) mass is 394 g/mol. The molecule has 3 aromatic carbocycles. The molecule has 0 bridgehead atoms. The maximum Gasteiger partial charge on any atom is 0.264 e. The van der Waals surface area contributed by atoms with E-state index in [2.05, 4.69) is 5.32 Å². The van der Waals surface area contributed by atoms with Crippen molar-refractivity contribution in [3.05, 3.63) is 89.5 Å². The summed E-state index contributed by atoms with van der Waals surface area (Å²) < 4.78 is 27.2. The lowest BCUT2D eigenvalue weighted by Gasteiger charge is -2.22. The molecule has 5 nitrogen and oxygen atoms in total. The number of amides is 1. The molecule has 3 rings (SSSR count). The molecule has 0 atom stereocenters. The van der Waals surface area contributed by atoms with Crippen LogP contribution in [0.15, 0.2) is 77.7 Å². The van der Waals surface area contributed by atoms with Crippen LogP contribution in [0.1, 0.15) is 21.5 Å². The molecule has 0 heterocycles. The van der Waals surface area contributed by atoms with Gasteiger partial charge in [0.05, 0.1) is 16.1 Å². The quantitative estimate of drug-likeness (QED) is 0.698. The number of nitrogens with one attached hydrogen (secondary N) is 1. The molecule has 0 fully saturated rings. The predicted octanol–water partition coefficient (Wildman–Crippen LogP) is 4.38. The average Bonchev–Trinajstić information content (AvgIpc) is 2.69. The molecule has 6 heteroatoms. The summed E-state index contributed by atoms with van der Waals surface area (Å²) in [4.78, 5) is 13.0. The molecular weight excluding hydrogens is 372 g/mol. The van der Waals surface area contributed by atoms with E-state index in [1.807, 2.05) is 38.1 Å². The molecule has 0 aliphatic carbocycles. The number of hydrogen-bond donors (Lipinski definition) is 1. The number of rotatable bonds is 5. The molecule has 0 radical (unpaired) electrons. The molecule has 3 aromatic rings. The lowest BCUT2D eigenvalue weighted by molar-refractivity contribution is 0.102. The first-order valence-corrected chi connectivity index (χ1v) is 10.3. The first-order valence-electron chi connectivity index (χ1n) is 8.82. The van der Waals surface area contributed by atoms with E-state index in [0.717, 1.165) is 15.4 Å². The number of nitrogens with zero attached hydrogens (tertiary/aromatic N) is 1. The lowest BCUT2D eigenvalue weighted by Crippen LogP contribution is -2.29. The van der Waals surface area contributed by atoms with E-state index in [1.165, 1.54) is 7.05 Å². The lowest BCUT2D eigenvalue weighted by atomic mass is 10.1. The summed E-state index contributed by atoms with van der Waals surface area (Å²) in [7, 11) is -2.34. The van der Waals surface area contributed by atoms with Crippen LogP contribution in [0.4, 0.5) is 11.4 Å². The van der Waals surface area contributed by atoms with Crippen molar-refractivity contribution in [1.29, 1.82) is 0 Å². The first-order chi connectivity index (χ1) is 13.3. The van der Waals surface area contributed by atoms with Gasteiger partial charge >= 0.3 is 0 Å². The summed E-state index contributed by atoms with van der Waals surface area (Å²) in [5.74, 6) is -0.370. The molecule has 144 valence electrons. The van der Waals surface area contributed by atoms with Crippen LogP contribution in [-0.4, -0.2) is 21.4 Å². The topological polar surface area (TPSA) is 66.5 Å². The molecule has 0 aliphatic rings. The highest BCUT2D eigenvalue weighted by Crippen LogP contribution is 2.26.